The third-order valence-electron chi connectivity index (χ3n) is 2.57. The molecule has 21 heavy (non-hydrogen) atoms. The minimum absolute atomic E-state index is 0.0124. The van der Waals surface area contributed by atoms with Gasteiger partial charge >= 0.3 is 5.97 Å². The minimum atomic E-state index is -1.21. The van der Waals surface area contributed by atoms with Gasteiger partial charge in [-0.3, -0.25) is 19.7 Å². The smallest absolute Gasteiger partial charge is 0.323 e. The molecule has 9 heteroatoms. The number of carbonyl (C=O) groups excluding carboxylic acids is 1. The summed E-state index contributed by atoms with van der Waals surface area (Å²) in [4.78, 5) is 34.1. The van der Waals surface area contributed by atoms with Gasteiger partial charge in [0.15, 0.2) is 0 Å². The van der Waals surface area contributed by atoms with Crippen molar-refractivity contribution in [1.82, 2.24) is 4.90 Å². The molecule has 1 rings (SSSR count). The van der Waals surface area contributed by atoms with E-state index in [9.17, 15) is 19.7 Å². The van der Waals surface area contributed by atoms with Gasteiger partial charge in [-0.15, -0.1) is 0 Å². The van der Waals surface area contributed by atoms with Crippen LogP contribution in [0, 0.1) is 10.1 Å². The molecule has 1 aromatic rings. The first-order valence-corrected chi connectivity index (χ1v) is 6.18. The predicted molar refractivity (Wildman–Crippen MR) is 73.5 cm³/mol. The number of ether oxygens (including phenoxy) is 1. The van der Waals surface area contributed by atoms with E-state index in [0.29, 0.717) is 0 Å². The number of nitro groups is 1. The van der Waals surface area contributed by atoms with E-state index < -0.39 is 23.3 Å². The number of rotatable bonds is 7. The van der Waals surface area contributed by atoms with Crippen LogP contribution in [-0.2, 0) is 9.53 Å². The Morgan fingerprint density at radius 3 is 2.67 bits per heavy atom. The number of amides is 1. The summed E-state index contributed by atoms with van der Waals surface area (Å²) in [5, 5.41) is 19.6. The fourth-order valence-electron chi connectivity index (χ4n) is 1.58. The van der Waals surface area contributed by atoms with Crippen LogP contribution in [0.25, 0.3) is 0 Å². The summed E-state index contributed by atoms with van der Waals surface area (Å²) in [5.41, 5.74) is -0.423. The summed E-state index contributed by atoms with van der Waals surface area (Å²) in [5.74, 6) is -1.91. The van der Waals surface area contributed by atoms with Gasteiger partial charge in [0.2, 0.25) is 0 Å². The lowest BCUT2D eigenvalue weighted by Gasteiger charge is -2.20. The van der Waals surface area contributed by atoms with Crippen LogP contribution >= 0.6 is 11.6 Å². The van der Waals surface area contributed by atoms with Crippen molar-refractivity contribution < 1.29 is 24.4 Å². The van der Waals surface area contributed by atoms with Gasteiger partial charge in [0, 0.05) is 25.8 Å². The first-order chi connectivity index (χ1) is 9.86. The maximum atomic E-state index is 12.3. The van der Waals surface area contributed by atoms with E-state index in [0.717, 1.165) is 17.0 Å². The van der Waals surface area contributed by atoms with Crippen molar-refractivity contribution in [3.05, 3.63) is 38.9 Å². The normalized spacial score (nSPS) is 10.2. The van der Waals surface area contributed by atoms with E-state index in [-0.39, 0.29) is 29.4 Å². The van der Waals surface area contributed by atoms with Crippen LogP contribution in [0.1, 0.15) is 10.4 Å². The largest absolute Gasteiger partial charge is 0.480 e. The van der Waals surface area contributed by atoms with Crippen molar-refractivity contribution in [2.24, 2.45) is 0 Å². The van der Waals surface area contributed by atoms with Crippen LogP contribution in [-0.4, -0.2) is 53.6 Å². The molecule has 0 radical (unpaired) electrons. The summed E-state index contributed by atoms with van der Waals surface area (Å²) in [7, 11) is 1.41. The molecule has 1 aromatic carbocycles. The summed E-state index contributed by atoms with van der Waals surface area (Å²) in [6.07, 6.45) is 0. The number of carbonyl (C=O) groups is 2. The number of non-ortho nitro benzene ring substituents is 1. The van der Waals surface area contributed by atoms with Crippen LogP contribution in [0.3, 0.4) is 0 Å². The monoisotopic (exact) mass is 316 g/mol. The Hall–Kier alpha value is -2.19. The number of benzene rings is 1. The number of nitro benzene ring substituents is 1. The zero-order valence-electron chi connectivity index (χ0n) is 11.1. The molecule has 0 aromatic heterocycles. The minimum Gasteiger partial charge on any atom is -0.480 e. The highest BCUT2D eigenvalue weighted by atomic mass is 35.5. The number of hydrogen-bond donors (Lipinski definition) is 1. The Balaban J connectivity index is 3.09. The highest BCUT2D eigenvalue weighted by Crippen LogP contribution is 2.23. The molecule has 114 valence electrons. The summed E-state index contributed by atoms with van der Waals surface area (Å²) < 4.78 is 4.80. The van der Waals surface area contributed by atoms with Crippen molar-refractivity contribution in [2.75, 3.05) is 26.8 Å². The predicted octanol–water partition coefficient (Wildman–Crippen LogP) is 1.42. The zero-order valence-corrected chi connectivity index (χ0v) is 11.9. The summed E-state index contributed by atoms with van der Waals surface area (Å²) >= 11 is 5.86. The first kappa shape index (κ1) is 16.9. The first-order valence-electron chi connectivity index (χ1n) is 5.80. The molecule has 1 N–H and O–H groups in total. The highest BCUT2D eigenvalue weighted by Gasteiger charge is 2.22. The molecule has 8 nitrogen and oxygen atoms in total. The van der Waals surface area contributed by atoms with Crippen molar-refractivity contribution in [3.63, 3.8) is 0 Å². The fraction of sp³-hybridized carbons (Fsp3) is 0.333. The van der Waals surface area contributed by atoms with Gasteiger partial charge in [0.25, 0.3) is 11.6 Å². The lowest BCUT2D eigenvalue weighted by Crippen LogP contribution is -2.38. The molecule has 0 saturated carbocycles. The molecule has 0 aliphatic heterocycles. The molecule has 0 spiro atoms. The Morgan fingerprint density at radius 2 is 2.14 bits per heavy atom. The molecule has 0 aliphatic rings. The zero-order chi connectivity index (χ0) is 16.0. The van der Waals surface area contributed by atoms with E-state index in [2.05, 4.69) is 0 Å². The topological polar surface area (TPSA) is 110 Å². The lowest BCUT2D eigenvalue weighted by atomic mass is 10.1. The summed E-state index contributed by atoms with van der Waals surface area (Å²) in [6.45, 7) is -0.395. The number of aliphatic carboxylic acids is 1. The lowest BCUT2D eigenvalue weighted by molar-refractivity contribution is -0.384. The molecular formula is C12H13ClN2O6. The molecular weight excluding hydrogens is 304 g/mol. The second-order valence-corrected chi connectivity index (χ2v) is 4.44. The van der Waals surface area contributed by atoms with Crippen molar-refractivity contribution in [2.45, 2.75) is 0 Å². The fourth-order valence-corrected chi connectivity index (χ4v) is 1.78. The van der Waals surface area contributed by atoms with Crippen LogP contribution in [0.15, 0.2) is 18.2 Å². The summed E-state index contributed by atoms with van der Waals surface area (Å²) in [6, 6.07) is 3.41. The Morgan fingerprint density at radius 1 is 1.48 bits per heavy atom. The molecule has 1 amide bonds. The average Bonchev–Trinajstić information content (AvgIpc) is 2.42. The van der Waals surface area contributed by atoms with Crippen LogP contribution < -0.4 is 0 Å². The van der Waals surface area contributed by atoms with E-state index in [1.54, 1.807) is 0 Å². The SMILES string of the molecule is COCCN(CC(=O)O)C(=O)c1cc([N+](=O)[O-])ccc1Cl. The number of carboxylic acid groups (broad SMARTS) is 1. The van der Waals surface area contributed by atoms with E-state index >= 15 is 0 Å². The molecule has 0 fully saturated rings. The van der Waals surface area contributed by atoms with Crippen molar-refractivity contribution in [1.29, 1.82) is 0 Å². The van der Waals surface area contributed by atoms with Crippen molar-refractivity contribution >= 4 is 29.2 Å². The second kappa shape index (κ2) is 7.55. The van der Waals surface area contributed by atoms with Gasteiger partial charge in [-0.25, -0.2) is 0 Å². The van der Waals surface area contributed by atoms with Crippen molar-refractivity contribution in [3.8, 4) is 0 Å². The van der Waals surface area contributed by atoms with Gasteiger partial charge in [-0.1, -0.05) is 11.6 Å². The van der Waals surface area contributed by atoms with Gasteiger partial charge in [0.05, 0.1) is 22.1 Å². The second-order valence-electron chi connectivity index (χ2n) is 4.03. The third kappa shape index (κ3) is 4.69. The molecule has 0 heterocycles. The third-order valence-corrected chi connectivity index (χ3v) is 2.90. The van der Waals surface area contributed by atoms with Gasteiger partial charge < -0.3 is 14.7 Å². The van der Waals surface area contributed by atoms with Gasteiger partial charge in [0.1, 0.15) is 6.54 Å². The maximum Gasteiger partial charge on any atom is 0.323 e. The number of hydrogen-bond acceptors (Lipinski definition) is 5. The molecule has 0 saturated heterocycles. The highest BCUT2D eigenvalue weighted by molar-refractivity contribution is 6.34. The Kier molecular flexibility index (Phi) is 6.07. The Labute approximate surface area is 125 Å². The molecule has 0 atom stereocenters. The quantitative estimate of drug-likeness (QED) is 0.601. The van der Waals surface area contributed by atoms with Gasteiger partial charge in [-0.05, 0) is 6.07 Å². The standard InChI is InChI=1S/C12H13ClN2O6/c1-21-5-4-14(7-11(16)17)12(18)9-6-8(15(19)20)2-3-10(9)13/h2-3,6H,4-5,7H2,1H3,(H,16,17). The Bertz CT molecular complexity index is 563. The van der Waals surface area contributed by atoms with E-state index in [1.807, 2.05) is 0 Å². The maximum absolute atomic E-state index is 12.3. The van der Waals surface area contributed by atoms with Gasteiger partial charge in [-0.2, -0.15) is 0 Å². The molecule has 0 aliphatic carbocycles. The average molecular weight is 317 g/mol. The number of halogens is 1. The van der Waals surface area contributed by atoms with E-state index in [1.165, 1.54) is 13.2 Å². The number of carboxylic acids is 1. The number of nitrogens with zero attached hydrogens (tertiary/aromatic N) is 2. The van der Waals surface area contributed by atoms with Crippen LogP contribution in [0.5, 0.6) is 0 Å². The molecule has 0 bridgehead atoms. The van der Waals surface area contributed by atoms with Crippen LogP contribution in [0.2, 0.25) is 5.02 Å². The number of methoxy groups -OCH3 is 1. The van der Waals surface area contributed by atoms with Crippen LogP contribution in [0.4, 0.5) is 5.69 Å². The molecule has 0 unspecified atom stereocenters. The van der Waals surface area contributed by atoms with E-state index in [4.69, 9.17) is 21.4 Å².